The Morgan fingerprint density at radius 2 is 1.81 bits per heavy atom. The Morgan fingerprint density at radius 1 is 1.19 bits per heavy atom. The molecule has 21 heavy (non-hydrogen) atoms. The molecule has 0 amide bonds. The predicted molar refractivity (Wildman–Crippen MR) is 74.8 cm³/mol. The number of methoxy groups -OCH3 is 2. The van der Waals surface area contributed by atoms with Crippen molar-refractivity contribution in [2.45, 2.75) is 12.5 Å². The maximum absolute atomic E-state index is 11.5. The number of rotatable bonds is 8. The van der Waals surface area contributed by atoms with Crippen LogP contribution in [-0.2, 0) is 9.59 Å². The average Bonchev–Trinajstić information content (AvgIpc) is 2.44. The van der Waals surface area contributed by atoms with E-state index in [1.807, 2.05) is 0 Å². The van der Waals surface area contributed by atoms with Crippen LogP contribution >= 0.6 is 0 Å². The van der Waals surface area contributed by atoms with Gasteiger partial charge in [-0.3, -0.25) is 14.5 Å². The summed E-state index contributed by atoms with van der Waals surface area (Å²) in [5.41, 5.74) is 0.494. The van der Waals surface area contributed by atoms with Crippen molar-refractivity contribution in [1.29, 1.82) is 0 Å². The molecule has 0 radical (unpaired) electrons. The van der Waals surface area contributed by atoms with Gasteiger partial charge in [-0.05, 0) is 24.7 Å². The maximum Gasteiger partial charge on any atom is 0.325 e. The van der Waals surface area contributed by atoms with Crippen molar-refractivity contribution in [1.82, 2.24) is 4.90 Å². The summed E-state index contributed by atoms with van der Waals surface area (Å²) in [7, 11) is 4.52. The van der Waals surface area contributed by atoms with Gasteiger partial charge in [-0.25, -0.2) is 0 Å². The Labute approximate surface area is 122 Å². The first-order valence-electron chi connectivity index (χ1n) is 6.27. The minimum atomic E-state index is -1.06. The number of carboxylic acids is 2. The number of benzene rings is 1. The first-order valence-corrected chi connectivity index (χ1v) is 6.27. The summed E-state index contributed by atoms with van der Waals surface area (Å²) < 4.78 is 10.3. The molecule has 1 atom stereocenters. The summed E-state index contributed by atoms with van der Waals surface area (Å²) in [6.45, 7) is 0.126. The van der Waals surface area contributed by atoms with Crippen LogP contribution in [0.2, 0.25) is 0 Å². The lowest BCUT2D eigenvalue weighted by molar-refractivity contribution is -0.144. The zero-order chi connectivity index (χ0) is 16.0. The molecule has 116 valence electrons. The first-order chi connectivity index (χ1) is 9.90. The minimum Gasteiger partial charge on any atom is -0.493 e. The number of nitrogens with zero attached hydrogens (tertiary/aromatic N) is 1. The third-order valence-electron chi connectivity index (χ3n) is 3.08. The molecule has 0 spiro atoms. The lowest BCUT2D eigenvalue weighted by Gasteiger charge is -2.25. The number of hydrogen-bond donors (Lipinski definition) is 2. The van der Waals surface area contributed by atoms with Crippen molar-refractivity contribution in [3.05, 3.63) is 23.8 Å². The van der Waals surface area contributed by atoms with Gasteiger partial charge < -0.3 is 19.7 Å². The second-order valence-corrected chi connectivity index (χ2v) is 4.48. The van der Waals surface area contributed by atoms with Gasteiger partial charge in [0.1, 0.15) is 6.04 Å². The Bertz CT molecular complexity index is 516. The summed E-state index contributed by atoms with van der Waals surface area (Å²) in [6, 6.07) is 3.87. The molecule has 0 heterocycles. The number of carboxylic acid groups (broad SMARTS) is 2. The van der Waals surface area contributed by atoms with Gasteiger partial charge in [-0.1, -0.05) is 6.07 Å². The fraction of sp³-hybridized carbons (Fsp3) is 0.429. The highest BCUT2D eigenvalue weighted by molar-refractivity contribution is 5.76. The third kappa shape index (κ3) is 4.35. The quantitative estimate of drug-likeness (QED) is 0.745. The van der Waals surface area contributed by atoms with Crippen LogP contribution in [0, 0.1) is 0 Å². The number of aliphatic carboxylic acids is 2. The van der Waals surface area contributed by atoms with E-state index in [1.165, 1.54) is 19.1 Å². The molecule has 1 aromatic rings. The van der Waals surface area contributed by atoms with Crippen LogP contribution in [-0.4, -0.2) is 54.9 Å². The smallest absolute Gasteiger partial charge is 0.325 e. The van der Waals surface area contributed by atoms with E-state index in [0.717, 1.165) is 0 Å². The van der Waals surface area contributed by atoms with Crippen molar-refractivity contribution in [3.8, 4) is 11.5 Å². The third-order valence-corrected chi connectivity index (χ3v) is 3.08. The summed E-state index contributed by atoms with van der Waals surface area (Å²) in [5.74, 6) is -1.11. The molecule has 0 aliphatic heterocycles. The molecule has 0 fully saturated rings. The van der Waals surface area contributed by atoms with E-state index >= 15 is 0 Å². The topological polar surface area (TPSA) is 96.3 Å². The van der Waals surface area contributed by atoms with Crippen molar-refractivity contribution in [2.24, 2.45) is 0 Å². The van der Waals surface area contributed by atoms with Crippen LogP contribution < -0.4 is 9.47 Å². The van der Waals surface area contributed by atoms with E-state index in [2.05, 4.69) is 0 Å². The van der Waals surface area contributed by atoms with Gasteiger partial charge in [-0.2, -0.15) is 0 Å². The van der Waals surface area contributed by atoms with E-state index in [-0.39, 0.29) is 13.0 Å². The van der Waals surface area contributed by atoms with Crippen LogP contribution in [0.3, 0.4) is 0 Å². The van der Waals surface area contributed by atoms with Crippen molar-refractivity contribution in [2.75, 3.05) is 27.8 Å². The molecule has 0 aliphatic carbocycles. The SMILES string of the molecule is COc1ccc(C(C(=O)O)N(C)CCC(=O)O)cc1OC. The molecule has 0 saturated heterocycles. The molecule has 2 N–H and O–H groups in total. The minimum absolute atomic E-state index is 0.126. The second kappa shape index (κ2) is 7.49. The Balaban J connectivity index is 3.05. The molecule has 7 nitrogen and oxygen atoms in total. The lowest BCUT2D eigenvalue weighted by atomic mass is 10.0. The van der Waals surface area contributed by atoms with Gasteiger partial charge in [0.05, 0.1) is 20.6 Å². The van der Waals surface area contributed by atoms with Gasteiger partial charge in [-0.15, -0.1) is 0 Å². The van der Waals surface area contributed by atoms with Gasteiger partial charge in [0.2, 0.25) is 0 Å². The summed E-state index contributed by atoms with van der Waals surface area (Å²) in [4.78, 5) is 23.6. The highest BCUT2D eigenvalue weighted by Gasteiger charge is 2.26. The van der Waals surface area contributed by atoms with E-state index < -0.39 is 18.0 Å². The van der Waals surface area contributed by atoms with E-state index in [0.29, 0.717) is 17.1 Å². The van der Waals surface area contributed by atoms with Crippen LogP contribution in [0.1, 0.15) is 18.0 Å². The average molecular weight is 297 g/mol. The molecule has 1 unspecified atom stereocenters. The number of carbonyl (C=O) groups is 2. The Morgan fingerprint density at radius 3 is 2.29 bits per heavy atom. The Kier molecular flexibility index (Phi) is 5.98. The molecule has 0 aromatic heterocycles. The summed E-state index contributed by atoms with van der Waals surface area (Å²) in [5, 5.41) is 18.1. The molecule has 1 aromatic carbocycles. The van der Waals surface area contributed by atoms with E-state index in [1.54, 1.807) is 25.2 Å². The van der Waals surface area contributed by atoms with E-state index in [4.69, 9.17) is 14.6 Å². The zero-order valence-electron chi connectivity index (χ0n) is 12.2. The van der Waals surface area contributed by atoms with Gasteiger partial charge in [0.15, 0.2) is 11.5 Å². The fourth-order valence-corrected chi connectivity index (χ4v) is 2.01. The summed E-state index contributed by atoms with van der Waals surface area (Å²) in [6.07, 6.45) is -0.131. The molecule has 7 heteroatoms. The normalized spacial score (nSPS) is 12.0. The Hall–Kier alpha value is -2.28. The number of hydrogen-bond acceptors (Lipinski definition) is 5. The number of likely N-dealkylation sites (N-methyl/N-ethyl adjacent to an activating group) is 1. The van der Waals surface area contributed by atoms with Crippen molar-refractivity contribution >= 4 is 11.9 Å². The largest absolute Gasteiger partial charge is 0.493 e. The van der Waals surface area contributed by atoms with Crippen LogP contribution in [0.15, 0.2) is 18.2 Å². The molecular formula is C14H19NO6. The maximum atomic E-state index is 11.5. The number of ether oxygens (including phenoxy) is 2. The predicted octanol–water partition coefficient (Wildman–Crippen LogP) is 1.24. The summed E-state index contributed by atoms with van der Waals surface area (Å²) >= 11 is 0. The molecule has 0 bridgehead atoms. The highest BCUT2D eigenvalue weighted by Crippen LogP contribution is 2.31. The van der Waals surface area contributed by atoms with Crippen LogP contribution in [0.25, 0.3) is 0 Å². The van der Waals surface area contributed by atoms with E-state index in [9.17, 15) is 14.7 Å². The van der Waals surface area contributed by atoms with Gasteiger partial charge in [0, 0.05) is 6.54 Å². The molecule has 1 rings (SSSR count). The molecule has 0 aliphatic rings. The zero-order valence-corrected chi connectivity index (χ0v) is 12.2. The first kappa shape index (κ1) is 16.8. The molecular weight excluding hydrogens is 278 g/mol. The molecule has 0 saturated carbocycles. The monoisotopic (exact) mass is 297 g/mol. The second-order valence-electron chi connectivity index (χ2n) is 4.48. The lowest BCUT2D eigenvalue weighted by Crippen LogP contribution is -2.32. The van der Waals surface area contributed by atoms with Gasteiger partial charge in [0.25, 0.3) is 0 Å². The van der Waals surface area contributed by atoms with Gasteiger partial charge >= 0.3 is 11.9 Å². The standard InChI is InChI=1S/C14H19NO6/c1-15(7-6-12(16)17)13(14(18)19)9-4-5-10(20-2)11(8-9)21-3/h4-5,8,13H,6-7H2,1-3H3,(H,16,17)(H,18,19). The van der Waals surface area contributed by atoms with Crippen LogP contribution in [0.5, 0.6) is 11.5 Å². The fourth-order valence-electron chi connectivity index (χ4n) is 2.01. The van der Waals surface area contributed by atoms with Crippen LogP contribution in [0.4, 0.5) is 0 Å². The van der Waals surface area contributed by atoms with Crippen molar-refractivity contribution < 1.29 is 29.3 Å². The van der Waals surface area contributed by atoms with Crippen molar-refractivity contribution in [3.63, 3.8) is 0 Å². The highest BCUT2D eigenvalue weighted by atomic mass is 16.5.